The van der Waals surface area contributed by atoms with Crippen LogP contribution in [0.15, 0.2) is 29.5 Å². The third kappa shape index (κ3) is 5.07. The molecule has 0 radical (unpaired) electrons. The van der Waals surface area contributed by atoms with Crippen molar-refractivity contribution in [3.63, 3.8) is 0 Å². The fraction of sp³-hybridized carbons (Fsp3) is 0.400. The van der Waals surface area contributed by atoms with Gasteiger partial charge in [0.05, 0.1) is 23.9 Å². The predicted octanol–water partition coefficient (Wildman–Crippen LogP) is 1.01. The molecular formula is C20H23N3O7. The Balaban J connectivity index is 1.58. The van der Waals surface area contributed by atoms with Gasteiger partial charge in [-0.15, -0.1) is 0 Å². The number of hydrogen-bond acceptors (Lipinski definition) is 7. The number of ether oxygens (including phenoxy) is 3. The van der Waals surface area contributed by atoms with Crippen molar-refractivity contribution in [3.8, 4) is 5.75 Å². The maximum Gasteiger partial charge on any atom is 0.344 e. The first-order chi connectivity index (χ1) is 14.4. The Bertz CT molecular complexity index is 910. The maximum absolute atomic E-state index is 12.2. The number of esters is 2. The van der Waals surface area contributed by atoms with Crippen LogP contribution in [-0.4, -0.2) is 49.7 Å². The minimum atomic E-state index is -0.669. The minimum Gasteiger partial charge on any atom is -0.482 e. The second-order valence-corrected chi connectivity index (χ2v) is 6.75. The number of fused-ring (bicyclic) bond motifs is 1. The van der Waals surface area contributed by atoms with E-state index in [9.17, 15) is 19.2 Å². The normalized spacial score (nSPS) is 17.9. The van der Waals surface area contributed by atoms with Crippen LogP contribution in [0.1, 0.15) is 25.8 Å². The van der Waals surface area contributed by atoms with E-state index in [1.807, 2.05) is 0 Å². The van der Waals surface area contributed by atoms with Crippen LogP contribution in [0.25, 0.3) is 0 Å². The van der Waals surface area contributed by atoms with E-state index in [0.29, 0.717) is 18.6 Å². The molecule has 30 heavy (non-hydrogen) atoms. The van der Waals surface area contributed by atoms with Crippen LogP contribution in [0.4, 0.5) is 10.5 Å². The Hall–Kier alpha value is -3.56. The molecule has 0 saturated carbocycles. The van der Waals surface area contributed by atoms with Crippen LogP contribution in [-0.2, 0) is 30.3 Å². The zero-order valence-corrected chi connectivity index (χ0v) is 16.7. The molecule has 10 nitrogen and oxygen atoms in total. The van der Waals surface area contributed by atoms with Gasteiger partial charge in [-0.3, -0.25) is 4.79 Å². The Morgan fingerprint density at radius 3 is 2.70 bits per heavy atom. The van der Waals surface area contributed by atoms with Crippen molar-refractivity contribution in [1.29, 1.82) is 0 Å². The number of nitrogens with one attached hydrogen (secondary N) is 3. The van der Waals surface area contributed by atoms with Gasteiger partial charge in [-0.25, -0.2) is 14.4 Å². The first kappa shape index (κ1) is 21.2. The third-order valence-corrected chi connectivity index (χ3v) is 4.57. The summed E-state index contributed by atoms with van der Waals surface area (Å²) in [4.78, 5) is 47.3. The van der Waals surface area contributed by atoms with Crippen molar-refractivity contribution < 1.29 is 33.4 Å². The average molecular weight is 417 g/mol. The molecule has 1 atom stereocenters. The molecule has 2 aliphatic heterocycles. The minimum absolute atomic E-state index is 0.0319. The molecular weight excluding hydrogens is 394 g/mol. The Labute approximate surface area is 172 Å². The summed E-state index contributed by atoms with van der Waals surface area (Å²) < 4.78 is 15.6. The van der Waals surface area contributed by atoms with Crippen LogP contribution in [0, 0.1) is 0 Å². The van der Waals surface area contributed by atoms with Gasteiger partial charge in [0.2, 0.25) is 5.91 Å². The van der Waals surface area contributed by atoms with E-state index in [4.69, 9.17) is 14.2 Å². The standard InChI is InChI=1S/C20H23N3O7/c1-3-28-19(26)18-11(2)21-20(27)23-15(18)9-30-17(25)10-29-13-5-6-14-12(8-13)4-7-16(24)22-14/h5-6,8,11H,3-4,7,9-10H2,1-2H3,(H,22,24)(H2,21,23,27). The van der Waals surface area contributed by atoms with Crippen molar-refractivity contribution in [2.24, 2.45) is 0 Å². The van der Waals surface area contributed by atoms with Crippen LogP contribution in [0.2, 0.25) is 0 Å². The summed E-state index contributed by atoms with van der Waals surface area (Å²) in [5, 5.41) is 7.81. The largest absolute Gasteiger partial charge is 0.482 e. The first-order valence-electron chi connectivity index (χ1n) is 9.56. The van der Waals surface area contributed by atoms with E-state index in [-0.39, 0.29) is 37.0 Å². The number of carbonyl (C=O) groups excluding carboxylic acids is 4. The highest BCUT2D eigenvalue weighted by Gasteiger charge is 2.30. The molecule has 3 rings (SSSR count). The monoisotopic (exact) mass is 417 g/mol. The number of carbonyl (C=O) groups is 4. The van der Waals surface area contributed by atoms with Crippen molar-refractivity contribution in [3.05, 3.63) is 35.0 Å². The summed E-state index contributed by atoms with van der Waals surface area (Å²) in [6.07, 6.45) is 0.995. The SMILES string of the molecule is CCOC(=O)C1=C(COC(=O)COc2ccc3c(c2)CCC(=O)N3)NC(=O)NC1C. The lowest BCUT2D eigenvalue weighted by Crippen LogP contribution is -2.50. The fourth-order valence-corrected chi connectivity index (χ4v) is 3.18. The highest BCUT2D eigenvalue weighted by atomic mass is 16.6. The molecule has 1 unspecified atom stereocenters. The number of amides is 3. The maximum atomic E-state index is 12.2. The lowest BCUT2D eigenvalue weighted by atomic mass is 10.0. The lowest BCUT2D eigenvalue weighted by molar-refractivity contribution is -0.145. The second kappa shape index (κ2) is 9.29. The van der Waals surface area contributed by atoms with E-state index in [1.165, 1.54) is 0 Å². The molecule has 3 amide bonds. The number of urea groups is 1. The van der Waals surface area contributed by atoms with Gasteiger partial charge < -0.3 is 30.2 Å². The van der Waals surface area contributed by atoms with Gasteiger partial charge in [-0.05, 0) is 44.0 Å². The predicted molar refractivity (Wildman–Crippen MR) is 105 cm³/mol. The average Bonchev–Trinajstić information content (AvgIpc) is 2.70. The topological polar surface area (TPSA) is 132 Å². The van der Waals surface area contributed by atoms with Gasteiger partial charge in [0.1, 0.15) is 12.4 Å². The highest BCUT2D eigenvalue weighted by molar-refractivity contribution is 5.95. The lowest BCUT2D eigenvalue weighted by Gasteiger charge is -2.26. The smallest absolute Gasteiger partial charge is 0.344 e. The van der Waals surface area contributed by atoms with E-state index in [1.54, 1.807) is 32.0 Å². The highest BCUT2D eigenvalue weighted by Crippen LogP contribution is 2.26. The Morgan fingerprint density at radius 1 is 1.13 bits per heavy atom. The summed E-state index contributed by atoms with van der Waals surface area (Å²) in [7, 11) is 0. The van der Waals surface area contributed by atoms with Gasteiger partial charge in [0.15, 0.2) is 6.61 Å². The van der Waals surface area contributed by atoms with Crippen molar-refractivity contribution in [2.75, 3.05) is 25.1 Å². The van der Waals surface area contributed by atoms with Gasteiger partial charge in [0.25, 0.3) is 0 Å². The zero-order chi connectivity index (χ0) is 21.7. The molecule has 0 aromatic heterocycles. The van der Waals surface area contributed by atoms with Gasteiger partial charge in [0, 0.05) is 12.1 Å². The summed E-state index contributed by atoms with van der Waals surface area (Å²) in [6.45, 7) is 2.83. The molecule has 2 aliphatic rings. The summed E-state index contributed by atoms with van der Waals surface area (Å²) in [5.41, 5.74) is 2.02. The van der Waals surface area contributed by atoms with Gasteiger partial charge >= 0.3 is 18.0 Å². The van der Waals surface area contributed by atoms with Crippen LogP contribution in [0.5, 0.6) is 5.75 Å². The Kier molecular flexibility index (Phi) is 6.55. The fourth-order valence-electron chi connectivity index (χ4n) is 3.18. The summed E-state index contributed by atoms with van der Waals surface area (Å²) in [6, 6.07) is 4.04. The molecule has 0 fully saturated rings. The van der Waals surface area contributed by atoms with Gasteiger partial charge in [-0.2, -0.15) is 0 Å². The molecule has 160 valence electrons. The Morgan fingerprint density at radius 2 is 1.93 bits per heavy atom. The zero-order valence-electron chi connectivity index (χ0n) is 16.7. The van der Waals surface area contributed by atoms with Crippen molar-refractivity contribution in [2.45, 2.75) is 32.7 Å². The molecule has 0 aliphatic carbocycles. The molecule has 0 saturated heterocycles. The molecule has 1 aromatic rings. The van der Waals surface area contributed by atoms with E-state index >= 15 is 0 Å². The molecule has 1 aromatic carbocycles. The van der Waals surface area contributed by atoms with Crippen LogP contribution in [0.3, 0.4) is 0 Å². The molecule has 0 bridgehead atoms. The number of benzene rings is 1. The van der Waals surface area contributed by atoms with E-state index < -0.39 is 24.0 Å². The first-order valence-corrected chi connectivity index (χ1v) is 9.56. The van der Waals surface area contributed by atoms with Crippen LogP contribution < -0.4 is 20.7 Å². The molecule has 2 heterocycles. The summed E-state index contributed by atoms with van der Waals surface area (Å²) >= 11 is 0. The van der Waals surface area contributed by atoms with Crippen molar-refractivity contribution >= 4 is 29.6 Å². The van der Waals surface area contributed by atoms with Crippen molar-refractivity contribution in [1.82, 2.24) is 10.6 Å². The molecule has 3 N–H and O–H groups in total. The van der Waals surface area contributed by atoms with E-state index in [0.717, 1.165) is 11.3 Å². The quantitative estimate of drug-likeness (QED) is 0.564. The number of anilines is 1. The second-order valence-electron chi connectivity index (χ2n) is 6.75. The number of hydrogen-bond donors (Lipinski definition) is 3. The third-order valence-electron chi connectivity index (χ3n) is 4.57. The van der Waals surface area contributed by atoms with E-state index in [2.05, 4.69) is 16.0 Å². The summed E-state index contributed by atoms with van der Waals surface area (Å²) in [5.74, 6) is -0.828. The number of aryl methyl sites for hydroxylation is 1. The number of rotatable bonds is 7. The molecule has 0 spiro atoms. The molecule has 10 heteroatoms. The van der Waals surface area contributed by atoms with Crippen LogP contribution >= 0.6 is 0 Å². The van der Waals surface area contributed by atoms with Gasteiger partial charge in [-0.1, -0.05) is 0 Å².